The van der Waals surface area contributed by atoms with E-state index in [0.29, 0.717) is 6.04 Å². The second kappa shape index (κ2) is 7.41. The van der Waals surface area contributed by atoms with Gasteiger partial charge in [0.2, 0.25) is 0 Å². The molecule has 0 saturated heterocycles. The SMILES string of the molecule is CC[Si](Cl)(Cl)Cl.COc1ccccc1. The van der Waals surface area contributed by atoms with Crippen molar-refractivity contribution in [1.29, 1.82) is 0 Å². The van der Waals surface area contributed by atoms with Crippen molar-refractivity contribution in [2.75, 3.05) is 7.11 Å². The largest absolute Gasteiger partial charge is 0.497 e. The summed E-state index contributed by atoms with van der Waals surface area (Å²) < 4.78 is 4.91. The Labute approximate surface area is 100 Å². The number of ether oxygens (including phenoxy) is 1. The maximum atomic E-state index is 5.39. The number of hydrogen-bond donors (Lipinski definition) is 0. The van der Waals surface area contributed by atoms with Gasteiger partial charge in [-0.1, -0.05) is 25.1 Å². The van der Waals surface area contributed by atoms with Crippen LogP contribution in [-0.4, -0.2) is 13.1 Å². The summed E-state index contributed by atoms with van der Waals surface area (Å²) in [5.41, 5.74) is 0. The molecule has 1 aromatic rings. The van der Waals surface area contributed by atoms with E-state index in [0.717, 1.165) is 5.75 Å². The van der Waals surface area contributed by atoms with E-state index in [1.165, 1.54) is 0 Å². The van der Waals surface area contributed by atoms with Crippen molar-refractivity contribution in [3.63, 3.8) is 0 Å². The summed E-state index contributed by atoms with van der Waals surface area (Å²) in [5, 5.41) is 0. The van der Waals surface area contributed by atoms with Crippen LogP contribution in [0, 0.1) is 0 Å². The van der Waals surface area contributed by atoms with Crippen LogP contribution >= 0.6 is 33.2 Å². The van der Waals surface area contributed by atoms with Crippen LogP contribution in [0.15, 0.2) is 30.3 Å². The van der Waals surface area contributed by atoms with E-state index in [1.807, 2.05) is 37.3 Å². The average molecular weight is 272 g/mol. The molecular formula is C9H13Cl3OSi. The van der Waals surface area contributed by atoms with E-state index < -0.39 is 6.00 Å². The van der Waals surface area contributed by atoms with Crippen LogP contribution in [0.2, 0.25) is 6.04 Å². The second-order valence-corrected chi connectivity index (χ2v) is 12.0. The molecule has 0 heterocycles. The fourth-order valence-corrected chi connectivity index (χ4v) is 0.557. The molecule has 0 fully saturated rings. The van der Waals surface area contributed by atoms with Crippen molar-refractivity contribution >= 4 is 39.2 Å². The van der Waals surface area contributed by atoms with Crippen LogP contribution in [0.3, 0.4) is 0 Å². The highest BCUT2D eigenvalue weighted by molar-refractivity contribution is 7.64. The first-order valence-corrected chi connectivity index (χ1v) is 9.39. The number of benzene rings is 1. The van der Waals surface area contributed by atoms with Gasteiger partial charge in [-0.3, -0.25) is 0 Å². The predicted molar refractivity (Wildman–Crippen MR) is 66.8 cm³/mol. The number of methoxy groups -OCH3 is 1. The highest BCUT2D eigenvalue weighted by atomic mass is 35.8. The maximum Gasteiger partial charge on any atom is 0.341 e. The molecule has 5 heteroatoms. The topological polar surface area (TPSA) is 9.23 Å². The lowest BCUT2D eigenvalue weighted by Gasteiger charge is -1.98. The fourth-order valence-electron chi connectivity index (χ4n) is 0.557. The Bertz CT molecular complexity index is 236. The van der Waals surface area contributed by atoms with Gasteiger partial charge in [0.1, 0.15) is 5.75 Å². The van der Waals surface area contributed by atoms with Crippen molar-refractivity contribution in [2.45, 2.75) is 13.0 Å². The Morgan fingerprint density at radius 2 is 1.57 bits per heavy atom. The normalized spacial score (nSPS) is 10.1. The number of rotatable bonds is 2. The Balaban J connectivity index is 0.000000255. The van der Waals surface area contributed by atoms with E-state index in [9.17, 15) is 0 Å². The van der Waals surface area contributed by atoms with Gasteiger partial charge >= 0.3 is 6.00 Å². The smallest absolute Gasteiger partial charge is 0.341 e. The van der Waals surface area contributed by atoms with Crippen LogP contribution in [0.1, 0.15) is 6.92 Å². The van der Waals surface area contributed by atoms with Gasteiger partial charge in [-0.15, -0.1) is 33.2 Å². The van der Waals surface area contributed by atoms with E-state index in [1.54, 1.807) is 7.11 Å². The summed E-state index contributed by atoms with van der Waals surface area (Å²) in [6, 6.07) is 8.17. The number of halogens is 3. The quantitative estimate of drug-likeness (QED) is 0.574. The highest BCUT2D eigenvalue weighted by Gasteiger charge is 2.20. The molecular weight excluding hydrogens is 259 g/mol. The number of hydrogen-bond acceptors (Lipinski definition) is 1. The van der Waals surface area contributed by atoms with Gasteiger partial charge in [-0.05, 0) is 18.2 Å². The summed E-state index contributed by atoms with van der Waals surface area (Å²) in [5.74, 6) is 0.910. The van der Waals surface area contributed by atoms with Crippen LogP contribution in [0.5, 0.6) is 5.75 Å². The third-order valence-corrected chi connectivity index (χ3v) is 4.59. The Kier molecular flexibility index (Phi) is 7.46. The minimum absolute atomic E-state index is 0.706. The predicted octanol–water partition coefficient (Wildman–Crippen LogP) is 4.36. The van der Waals surface area contributed by atoms with E-state index in [-0.39, 0.29) is 0 Å². The summed E-state index contributed by atoms with van der Waals surface area (Å²) in [4.78, 5) is 0. The molecule has 0 aliphatic heterocycles. The molecule has 0 bridgehead atoms. The van der Waals surface area contributed by atoms with E-state index in [4.69, 9.17) is 38.0 Å². The molecule has 1 nitrogen and oxygen atoms in total. The lowest BCUT2D eigenvalue weighted by molar-refractivity contribution is 0.415. The minimum atomic E-state index is -2.21. The molecule has 14 heavy (non-hydrogen) atoms. The zero-order chi connectivity index (χ0) is 11.0. The van der Waals surface area contributed by atoms with Gasteiger partial charge in [0, 0.05) is 0 Å². The minimum Gasteiger partial charge on any atom is -0.497 e. The lowest BCUT2D eigenvalue weighted by Crippen LogP contribution is -2.04. The van der Waals surface area contributed by atoms with Crippen LogP contribution in [-0.2, 0) is 0 Å². The van der Waals surface area contributed by atoms with Gasteiger partial charge in [-0.25, -0.2) is 0 Å². The summed E-state index contributed by atoms with van der Waals surface area (Å²) in [6.45, 7) is 1.87. The maximum absolute atomic E-state index is 5.39. The molecule has 0 aromatic heterocycles. The molecule has 1 aromatic carbocycles. The molecule has 0 aliphatic rings. The molecule has 0 amide bonds. The van der Waals surface area contributed by atoms with E-state index >= 15 is 0 Å². The Morgan fingerprint density at radius 1 is 1.14 bits per heavy atom. The summed E-state index contributed by atoms with van der Waals surface area (Å²) >= 11 is 16.2. The molecule has 0 aliphatic carbocycles. The molecule has 0 saturated carbocycles. The van der Waals surface area contributed by atoms with Crippen LogP contribution < -0.4 is 4.74 Å². The third-order valence-electron chi connectivity index (χ3n) is 1.38. The summed E-state index contributed by atoms with van der Waals surface area (Å²) in [7, 11) is 1.66. The van der Waals surface area contributed by atoms with Crippen molar-refractivity contribution in [3.8, 4) is 5.75 Å². The van der Waals surface area contributed by atoms with Gasteiger partial charge in [-0.2, -0.15) is 0 Å². The molecule has 0 N–H and O–H groups in total. The average Bonchev–Trinajstić information content (AvgIpc) is 2.19. The van der Waals surface area contributed by atoms with Crippen LogP contribution in [0.4, 0.5) is 0 Å². The van der Waals surface area contributed by atoms with Crippen LogP contribution in [0.25, 0.3) is 0 Å². The summed E-state index contributed by atoms with van der Waals surface area (Å²) in [6.07, 6.45) is 0. The molecule has 0 radical (unpaired) electrons. The molecule has 0 atom stereocenters. The van der Waals surface area contributed by atoms with Gasteiger partial charge < -0.3 is 4.74 Å². The third kappa shape index (κ3) is 8.69. The lowest BCUT2D eigenvalue weighted by atomic mass is 10.3. The Hall–Kier alpha value is 0.107. The van der Waals surface area contributed by atoms with E-state index in [2.05, 4.69) is 0 Å². The monoisotopic (exact) mass is 270 g/mol. The first-order chi connectivity index (χ1) is 6.49. The zero-order valence-corrected chi connectivity index (χ0v) is 11.4. The molecule has 1 rings (SSSR count). The zero-order valence-electron chi connectivity index (χ0n) is 8.14. The first kappa shape index (κ1) is 14.1. The first-order valence-electron chi connectivity index (χ1n) is 4.15. The standard InChI is InChI=1S/C7H8O.C2H5Cl3Si/c1-8-7-5-3-2-4-6-7;1-2-6(3,4)5/h2-6H,1H3;2H2,1H3. The second-order valence-electron chi connectivity index (χ2n) is 2.49. The fraction of sp³-hybridized carbons (Fsp3) is 0.333. The molecule has 80 valence electrons. The van der Waals surface area contributed by atoms with Gasteiger partial charge in [0.15, 0.2) is 0 Å². The van der Waals surface area contributed by atoms with Gasteiger partial charge in [0.25, 0.3) is 0 Å². The molecule has 0 unspecified atom stereocenters. The van der Waals surface area contributed by atoms with Crippen molar-refractivity contribution in [1.82, 2.24) is 0 Å². The Morgan fingerprint density at radius 3 is 1.79 bits per heavy atom. The van der Waals surface area contributed by atoms with Crippen molar-refractivity contribution in [3.05, 3.63) is 30.3 Å². The van der Waals surface area contributed by atoms with Gasteiger partial charge in [0.05, 0.1) is 7.11 Å². The van der Waals surface area contributed by atoms with Crippen molar-refractivity contribution < 1.29 is 4.74 Å². The number of para-hydroxylation sites is 1. The molecule has 0 spiro atoms. The highest BCUT2D eigenvalue weighted by Crippen LogP contribution is 2.23. The van der Waals surface area contributed by atoms with Crippen molar-refractivity contribution in [2.24, 2.45) is 0 Å².